The molecule has 0 spiro atoms. The number of fused-ring (bicyclic) bond motifs is 6. The SMILES string of the molecule is Bc1c(B)c(O)c2c(c1B)-c1c(B)c(B)c(-c3c4ccccc4c(-c4cccc(-c5cccc(-n6c(C(B)(B)C(B)(B)B)nc7ccccc76)c5)c4)c4ccccc34)c(B)c1C2(C)C. The van der Waals surface area contributed by atoms with Gasteiger partial charge in [0.15, 0.2) is 0 Å². The number of phenolic OH excluding ortho intramolecular Hbond substituents is 1. The lowest BCUT2D eigenvalue weighted by Gasteiger charge is -2.39. The van der Waals surface area contributed by atoms with Gasteiger partial charge in [-0.1, -0.05) is 138 Å². The molecular weight excluding hydrogens is 763 g/mol. The van der Waals surface area contributed by atoms with Crippen molar-refractivity contribution in [1.29, 1.82) is 0 Å². The lowest BCUT2D eigenvalue weighted by atomic mass is 9.23. The molecule has 14 heteroatoms. The summed E-state index contributed by atoms with van der Waals surface area (Å²) in [6, 6.07) is 44.7. The van der Waals surface area contributed by atoms with Crippen LogP contribution >= 0.6 is 0 Å². The van der Waals surface area contributed by atoms with Gasteiger partial charge in [0, 0.05) is 16.7 Å². The van der Waals surface area contributed by atoms with E-state index in [4.69, 9.17) is 4.98 Å². The van der Waals surface area contributed by atoms with Gasteiger partial charge in [-0.3, -0.25) is 4.57 Å². The Morgan fingerprint density at radius 3 is 1.61 bits per heavy atom. The molecule has 8 aromatic carbocycles. The number of aromatic nitrogens is 2. The minimum Gasteiger partial charge on any atom is -0.508 e. The van der Waals surface area contributed by atoms with E-state index >= 15 is 0 Å². The molecule has 64 heavy (non-hydrogen) atoms. The van der Waals surface area contributed by atoms with Gasteiger partial charge >= 0.3 is 0 Å². The Hall–Kier alpha value is -5.74. The molecule has 1 N–H and O–H groups in total. The van der Waals surface area contributed by atoms with Crippen LogP contribution in [0.25, 0.3) is 82.8 Å². The van der Waals surface area contributed by atoms with E-state index < -0.39 is 0 Å². The maximum atomic E-state index is 11.8. The van der Waals surface area contributed by atoms with Crippen molar-refractivity contribution >= 4 is 152 Å². The topological polar surface area (TPSA) is 38.0 Å². The first-order valence-corrected chi connectivity index (χ1v) is 23.0. The number of aromatic hydroxyl groups is 1. The summed E-state index contributed by atoms with van der Waals surface area (Å²) in [6.45, 7) is 4.62. The monoisotopic (exact) mass is 814 g/mol. The van der Waals surface area contributed by atoms with Gasteiger partial charge < -0.3 is 5.11 Å². The average Bonchev–Trinajstić information content (AvgIpc) is 3.79. The zero-order chi connectivity index (χ0) is 45.4. The van der Waals surface area contributed by atoms with Crippen LogP contribution < -0.4 is 32.8 Å². The van der Waals surface area contributed by atoms with E-state index in [0.29, 0.717) is 5.75 Å². The third-order valence-corrected chi connectivity index (χ3v) is 15.9. The fourth-order valence-corrected chi connectivity index (χ4v) is 11.2. The van der Waals surface area contributed by atoms with Crippen LogP contribution in [0.15, 0.2) is 121 Å². The highest BCUT2D eigenvalue weighted by atomic mass is 16.3. The normalized spacial score (nSPS) is 13.4. The average molecular weight is 813 g/mol. The Morgan fingerprint density at radius 1 is 0.484 bits per heavy atom. The molecule has 0 saturated heterocycles. The first-order chi connectivity index (χ1) is 30.4. The van der Waals surface area contributed by atoms with Crippen LogP contribution in [0.1, 0.15) is 30.8 Å². The summed E-state index contributed by atoms with van der Waals surface area (Å²) < 4.78 is 2.38. The fourth-order valence-electron chi connectivity index (χ4n) is 11.2. The molecule has 0 atom stereocenters. The first-order valence-electron chi connectivity index (χ1n) is 23.0. The van der Waals surface area contributed by atoms with Crippen molar-refractivity contribution in [2.24, 2.45) is 0 Å². The molecule has 0 amide bonds. The highest BCUT2D eigenvalue weighted by Crippen LogP contribution is 2.51. The van der Waals surface area contributed by atoms with Crippen LogP contribution in [0.4, 0.5) is 0 Å². The van der Waals surface area contributed by atoms with Gasteiger partial charge in [0.2, 0.25) is 0 Å². The van der Waals surface area contributed by atoms with E-state index in [1.165, 1.54) is 93.4 Å². The second-order valence-electron chi connectivity index (χ2n) is 20.7. The van der Waals surface area contributed by atoms with Crippen LogP contribution in [-0.2, 0) is 10.6 Å². The summed E-state index contributed by atoms with van der Waals surface area (Å²) in [5.74, 6) is 1.51. The van der Waals surface area contributed by atoms with Crippen LogP contribution in [0.2, 0.25) is 5.11 Å². The number of hydrogen-bond donors (Lipinski definition) is 1. The Kier molecular flexibility index (Phi) is 9.66. The number of imidazole rings is 1. The predicted molar refractivity (Wildman–Crippen MR) is 308 cm³/mol. The molecule has 0 saturated carbocycles. The predicted octanol–water partition coefficient (Wildman–Crippen LogP) is -2.71. The van der Waals surface area contributed by atoms with Crippen molar-refractivity contribution in [2.45, 2.75) is 29.6 Å². The Balaban J connectivity index is 1.18. The van der Waals surface area contributed by atoms with E-state index in [1.54, 1.807) is 0 Å². The number of phenols is 1. The summed E-state index contributed by atoms with van der Waals surface area (Å²) in [5, 5.41) is 16.6. The second-order valence-corrected chi connectivity index (χ2v) is 20.7. The molecule has 298 valence electrons. The standard InChI is InChI=1S/C50H49B11N2O/c1-48(2)38-35(36-39(48)46(64)45(56)44(55)42(36)53)41(52)43(54)37(40(38)51)34-29-17-5-3-15-27(29)33(28-16-4-6-18-30(28)34)25-13-9-11-23(21-25)24-12-10-14-26(22-24)63-32-20-8-7-19-31(32)62-47(63)49(57,58)50(59,60)61/h3-22,64H,51-61H2,1-2H3. The molecule has 1 aliphatic carbocycles. The summed E-state index contributed by atoms with van der Waals surface area (Å²) in [5.41, 5.74) is 22.4. The molecule has 0 bridgehead atoms. The van der Waals surface area contributed by atoms with Gasteiger partial charge in [0.1, 0.15) is 74.3 Å². The molecule has 0 unspecified atom stereocenters. The van der Waals surface area contributed by atoms with Crippen LogP contribution in [0, 0.1) is 0 Å². The van der Waals surface area contributed by atoms with Gasteiger partial charge in [0.25, 0.3) is 0 Å². The zero-order valence-corrected chi connectivity index (χ0v) is 39.9. The van der Waals surface area contributed by atoms with E-state index in [-0.39, 0.29) is 15.7 Å². The highest BCUT2D eigenvalue weighted by Gasteiger charge is 2.43. The summed E-state index contributed by atoms with van der Waals surface area (Å²) >= 11 is 0. The van der Waals surface area contributed by atoms with Gasteiger partial charge in [-0.05, 0) is 107 Å². The molecule has 0 radical (unpaired) electrons. The van der Waals surface area contributed by atoms with Gasteiger partial charge in [-0.25, -0.2) is 4.98 Å². The van der Waals surface area contributed by atoms with Gasteiger partial charge in [0.05, 0.1) is 34.6 Å². The molecule has 1 heterocycles. The molecule has 3 nitrogen and oxygen atoms in total. The molecular formula is C50H49B11N2O. The van der Waals surface area contributed by atoms with Crippen LogP contribution in [0.5, 0.6) is 5.75 Å². The smallest absolute Gasteiger partial charge is 0.143 e. The van der Waals surface area contributed by atoms with Crippen molar-refractivity contribution in [1.82, 2.24) is 9.55 Å². The van der Waals surface area contributed by atoms with Gasteiger partial charge in [-0.2, -0.15) is 0 Å². The van der Waals surface area contributed by atoms with Crippen molar-refractivity contribution in [3.8, 4) is 55.9 Å². The molecule has 1 aliphatic rings. The van der Waals surface area contributed by atoms with E-state index in [2.05, 4.69) is 226 Å². The summed E-state index contributed by atoms with van der Waals surface area (Å²) in [4.78, 5) is 5.29. The molecule has 9 aromatic rings. The number of nitrogens with zero attached hydrogens (tertiary/aromatic N) is 2. The Bertz CT molecular complexity index is 3420. The van der Waals surface area contributed by atoms with E-state index in [9.17, 15) is 5.11 Å². The fraction of sp³-hybridized carbons (Fsp3) is 0.100. The maximum Gasteiger partial charge on any atom is 0.143 e. The minimum atomic E-state index is -0.381. The minimum absolute atomic E-state index is 0.0140. The Morgan fingerprint density at radius 2 is 0.984 bits per heavy atom. The highest BCUT2D eigenvalue weighted by molar-refractivity contribution is 6.67. The van der Waals surface area contributed by atoms with Crippen molar-refractivity contribution < 1.29 is 5.11 Å². The zero-order valence-electron chi connectivity index (χ0n) is 39.9. The third-order valence-electron chi connectivity index (χ3n) is 15.9. The summed E-state index contributed by atoms with van der Waals surface area (Å²) in [6.07, 6.45) is 0. The first kappa shape index (κ1) is 42.2. The number of rotatable bonds is 6. The second kappa shape index (κ2) is 14.6. The van der Waals surface area contributed by atoms with Crippen molar-refractivity contribution in [2.75, 3.05) is 0 Å². The van der Waals surface area contributed by atoms with E-state index in [1.807, 2.05) is 0 Å². The molecule has 0 aliphatic heterocycles. The third kappa shape index (κ3) is 5.93. The van der Waals surface area contributed by atoms with E-state index in [0.717, 1.165) is 39.1 Å². The van der Waals surface area contributed by atoms with Crippen molar-refractivity contribution in [3.63, 3.8) is 0 Å². The van der Waals surface area contributed by atoms with Crippen molar-refractivity contribution in [3.05, 3.63) is 138 Å². The largest absolute Gasteiger partial charge is 0.508 e. The lowest BCUT2D eigenvalue weighted by molar-refractivity contribution is 0.461. The maximum absolute atomic E-state index is 11.8. The lowest BCUT2D eigenvalue weighted by Crippen LogP contribution is -2.45. The van der Waals surface area contributed by atoms with Gasteiger partial charge in [-0.15, -0.1) is 5.11 Å². The number of hydrogen-bond acceptors (Lipinski definition) is 2. The van der Waals surface area contributed by atoms with Crippen LogP contribution in [-0.4, -0.2) is 101 Å². The van der Waals surface area contributed by atoms with Crippen LogP contribution in [0.3, 0.4) is 0 Å². The molecule has 10 rings (SSSR count). The summed E-state index contributed by atoms with van der Waals surface area (Å²) in [7, 11) is 25.0. The molecule has 1 aromatic heterocycles. The molecule has 0 fully saturated rings. The quantitative estimate of drug-likeness (QED) is 0.147. The Labute approximate surface area is 388 Å². The number of benzene rings is 8. The number of para-hydroxylation sites is 2.